The van der Waals surface area contributed by atoms with Crippen molar-refractivity contribution in [2.45, 2.75) is 12.3 Å². The molecule has 0 saturated heterocycles. The monoisotopic (exact) mass is 612 g/mol. The Morgan fingerprint density at radius 1 is 0.500 bits per heavy atom. The lowest BCUT2D eigenvalue weighted by Gasteiger charge is -2.28. The Balaban J connectivity index is 1.36. The summed E-state index contributed by atoms with van der Waals surface area (Å²) in [6.07, 6.45) is 12.1. The van der Waals surface area contributed by atoms with Crippen LogP contribution in [0.25, 0.3) is 61.5 Å². The van der Waals surface area contributed by atoms with Crippen molar-refractivity contribution in [2.75, 3.05) is 0 Å². The SMILES string of the molecule is C=Cc1ccc(-c2c3ccccc3c(C3CC=C(/C=C/c4ccccc4)C=C3c3ccccc3)c3ccccc23)c(-c2ccccc2)c1. The average Bonchev–Trinajstić information content (AvgIpc) is 3.17. The third-order valence-corrected chi connectivity index (χ3v) is 9.62. The number of hydrogen-bond acceptors (Lipinski definition) is 0. The van der Waals surface area contributed by atoms with Gasteiger partial charge in [-0.3, -0.25) is 0 Å². The standard InChI is InChI=1S/C48H36/c1-2-34-28-30-43(45(32-34)37-18-8-4-9-19-37)47-39-22-12-14-24-41(39)48(42-25-15-13-23-40(42)47)44-31-29-36(27-26-35-16-6-3-7-17-35)33-46(44)38-20-10-5-11-21-38/h2-30,32-33,44H,1,31H2/b27-26+. The molecule has 7 aromatic carbocycles. The fourth-order valence-corrected chi connectivity index (χ4v) is 7.37. The first-order chi connectivity index (χ1) is 23.8. The second-order valence-electron chi connectivity index (χ2n) is 12.5. The van der Waals surface area contributed by atoms with Crippen molar-refractivity contribution in [1.29, 1.82) is 0 Å². The van der Waals surface area contributed by atoms with Gasteiger partial charge in [-0.25, -0.2) is 0 Å². The van der Waals surface area contributed by atoms with E-state index in [0.717, 1.165) is 12.0 Å². The Labute approximate surface area is 283 Å². The zero-order chi connectivity index (χ0) is 32.3. The zero-order valence-corrected chi connectivity index (χ0v) is 26.9. The summed E-state index contributed by atoms with van der Waals surface area (Å²) in [6, 6.07) is 57.0. The van der Waals surface area contributed by atoms with Crippen LogP contribution in [0.3, 0.4) is 0 Å². The van der Waals surface area contributed by atoms with Gasteiger partial charge < -0.3 is 0 Å². The summed E-state index contributed by atoms with van der Waals surface area (Å²) in [7, 11) is 0. The van der Waals surface area contributed by atoms with E-state index in [2.05, 4.69) is 189 Å². The Hall–Kier alpha value is -5.98. The minimum absolute atomic E-state index is 0.196. The summed E-state index contributed by atoms with van der Waals surface area (Å²) in [4.78, 5) is 0. The highest BCUT2D eigenvalue weighted by molar-refractivity contribution is 6.17. The number of benzene rings is 7. The lowest BCUT2D eigenvalue weighted by molar-refractivity contribution is 0.884. The molecule has 0 heterocycles. The number of hydrogen-bond donors (Lipinski definition) is 0. The van der Waals surface area contributed by atoms with E-state index in [9.17, 15) is 0 Å². The second-order valence-corrected chi connectivity index (χ2v) is 12.5. The molecule has 1 aliphatic rings. The minimum atomic E-state index is 0.196. The third-order valence-electron chi connectivity index (χ3n) is 9.62. The van der Waals surface area contributed by atoms with E-state index in [-0.39, 0.29) is 5.92 Å². The molecule has 0 aromatic heterocycles. The van der Waals surface area contributed by atoms with Crippen LogP contribution in [0.1, 0.15) is 34.6 Å². The molecule has 0 spiro atoms. The highest BCUT2D eigenvalue weighted by Crippen LogP contribution is 2.49. The fourth-order valence-electron chi connectivity index (χ4n) is 7.37. The van der Waals surface area contributed by atoms with Crippen LogP contribution in [0, 0.1) is 0 Å². The van der Waals surface area contributed by atoms with Crippen molar-refractivity contribution in [3.05, 3.63) is 210 Å². The molecule has 1 atom stereocenters. The normalized spacial score (nSPS) is 14.6. The van der Waals surface area contributed by atoms with E-state index >= 15 is 0 Å². The van der Waals surface area contributed by atoms with E-state index in [1.165, 1.54) is 71.6 Å². The van der Waals surface area contributed by atoms with Gasteiger partial charge in [0, 0.05) is 5.92 Å². The summed E-state index contributed by atoms with van der Waals surface area (Å²) < 4.78 is 0. The maximum absolute atomic E-state index is 4.08. The molecule has 1 aliphatic carbocycles. The van der Waals surface area contributed by atoms with Crippen LogP contribution < -0.4 is 0 Å². The molecule has 0 aliphatic heterocycles. The number of fused-ring (bicyclic) bond motifs is 2. The van der Waals surface area contributed by atoms with Gasteiger partial charge >= 0.3 is 0 Å². The van der Waals surface area contributed by atoms with Gasteiger partial charge in [0.2, 0.25) is 0 Å². The zero-order valence-electron chi connectivity index (χ0n) is 26.9. The Morgan fingerprint density at radius 2 is 1.06 bits per heavy atom. The van der Waals surface area contributed by atoms with Crippen LogP contribution in [0.15, 0.2) is 188 Å². The molecule has 0 fully saturated rings. The summed E-state index contributed by atoms with van der Waals surface area (Å²) in [5.74, 6) is 0.196. The highest BCUT2D eigenvalue weighted by Gasteiger charge is 2.27. The molecule has 0 radical (unpaired) electrons. The first kappa shape index (κ1) is 29.4. The van der Waals surface area contributed by atoms with Gasteiger partial charge in [0.05, 0.1) is 0 Å². The molecule has 228 valence electrons. The molecular formula is C48H36. The summed E-state index contributed by atoms with van der Waals surface area (Å²) in [5, 5.41) is 5.17. The van der Waals surface area contributed by atoms with E-state index in [1.54, 1.807) is 0 Å². The minimum Gasteiger partial charge on any atom is -0.0985 e. The van der Waals surface area contributed by atoms with Crippen molar-refractivity contribution in [1.82, 2.24) is 0 Å². The largest absolute Gasteiger partial charge is 0.0985 e. The van der Waals surface area contributed by atoms with Crippen molar-refractivity contribution >= 4 is 39.3 Å². The maximum atomic E-state index is 4.08. The van der Waals surface area contributed by atoms with Crippen molar-refractivity contribution in [3.63, 3.8) is 0 Å². The molecule has 0 amide bonds. The quantitative estimate of drug-likeness (QED) is 0.157. The molecule has 0 bridgehead atoms. The van der Waals surface area contributed by atoms with Crippen molar-refractivity contribution < 1.29 is 0 Å². The van der Waals surface area contributed by atoms with Crippen LogP contribution in [0.5, 0.6) is 0 Å². The smallest absolute Gasteiger partial charge is 0.0143 e. The van der Waals surface area contributed by atoms with Crippen molar-refractivity contribution in [2.24, 2.45) is 0 Å². The first-order valence-corrected chi connectivity index (χ1v) is 16.7. The maximum Gasteiger partial charge on any atom is 0.0143 e. The van der Waals surface area contributed by atoms with Crippen LogP contribution in [0.4, 0.5) is 0 Å². The molecule has 0 heteroatoms. The summed E-state index contributed by atoms with van der Waals surface area (Å²) in [5.41, 5.74) is 12.5. The predicted octanol–water partition coefficient (Wildman–Crippen LogP) is 13.2. The lowest BCUT2D eigenvalue weighted by atomic mass is 9.75. The lowest BCUT2D eigenvalue weighted by Crippen LogP contribution is -2.08. The predicted molar refractivity (Wildman–Crippen MR) is 208 cm³/mol. The molecule has 7 aromatic rings. The third kappa shape index (κ3) is 5.52. The van der Waals surface area contributed by atoms with E-state index in [4.69, 9.17) is 0 Å². The van der Waals surface area contributed by atoms with E-state index in [1.807, 2.05) is 6.08 Å². The molecule has 1 unspecified atom stereocenters. The highest BCUT2D eigenvalue weighted by atomic mass is 14.3. The van der Waals surface area contributed by atoms with E-state index < -0.39 is 0 Å². The van der Waals surface area contributed by atoms with Gasteiger partial charge in [-0.15, -0.1) is 0 Å². The van der Waals surface area contributed by atoms with Crippen LogP contribution >= 0.6 is 0 Å². The molecule has 0 saturated carbocycles. The van der Waals surface area contributed by atoms with E-state index in [0.29, 0.717) is 0 Å². The Bertz CT molecular complexity index is 2300. The molecule has 0 nitrogen and oxygen atoms in total. The van der Waals surface area contributed by atoms with Gasteiger partial charge in [-0.05, 0) is 89.7 Å². The van der Waals surface area contributed by atoms with Crippen LogP contribution in [-0.2, 0) is 0 Å². The van der Waals surface area contributed by atoms with Gasteiger partial charge in [-0.1, -0.05) is 189 Å². The number of allylic oxidation sites excluding steroid dienone is 5. The van der Waals surface area contributed by atoms with Crippen molar-refractivity contribution in [3.8, 4) is 22.3 Å². The summed E-state index contributed by atoms with van der Waals surface area (Å²) >= 11 is 0. The fraction of sp³-hybridized carbons (Fsp3) is 0.0417. The molecule has 8 rings (SSSR count). The molecule has 48 heavy (non-hydrogen) atoms. The number of rotatable bonds is 7. The van der Waals surface area contributed by atoms with Gasteiger partial charge in [0.1, 0.15) is 0 Å². The Kier molecular flexibility index (Phi) is 7.98. The first-order valence-electron chi connectivity index (χ1n) is 16.7. The molecular weight excluding hydrogens is 577 g/mol. The van der Waals surface area contributed by atoms with Gasteiger partial charge in [-0.2, -0.15) is 0 Å². The Morgan fingerprint density at radius 3 is 1.69 bits per heavy atom. The second kappa shape index (κ2) is 13.0. The summed E-state index contributed by atoms with van der Waals surface area (Å²) in [6.45, 7) is 4.08. The average molecular weight is 613 g/mol. The van der Waals surface area contributed by atoms with Crippen LogP contribution in [0.2, 0.25) is 0 Å². The van der Waals surface area contributed by atoms with Gasteiger partial charge in [0.15, 0.2) is 0 Å². The van der Waals surface area contributed by atoms with Gasteiger partial charge in [0.25, 0.3) is 0 Å². The molecule has 0 N–H and O–H groups in total. The topological polar surface area (TPSA) is 0 Å². The van der Waals surface area contributed by atoms with Crippen LogP contribution in [-0.4, -0.2) is 0 Å².